The van der Waals surface area contributed by atoms with Crippen molar-refractivity contribution in [2.45, 2.75) is 25.8 Å². The molecule has 0 bridgehead atoms. The molecule has 3 rings (SSSR count). The summed E-state index contributed by atoms with van der Waals surface area (Å²) in [5.74, 6) is -0.657. The van der Waals surface area contributed by atoms with E-state index in [9.17, 15) is 9.18 Å². The Labute approximate surface area is 147 Å². The monoisotopic (exact) mass is 342 g/mol. The molecule has 4 nitrogen and oxygen atoms in total. The number of halogens is 1. The maximum atomic E-state index is 13.4. The third-order valence-electron chi connectivity index (χ3n) is 4.34. The van der Waals surface area contributed by atoms with E-state index in [0.29, 0.717) is 6.54 Å². The number of carbonyl (C=O) groups excluding carboxylic acids is 1. The number of hydrogen-bond donors (Lipinski definition) is 1. The molecule has 2 aromatic rings. The molecule has 0 radical (unpaired) electrons. The van der Waals surface area contributed by atoms with Crippen LogP contribution in [0.25, 0.3) is 0 Å². The molecule has 2 aromatic carbocycles. The minimum atomic E-state index is -0.469. The summed E-state index contributed by atoms with van der Waals surface area (Å²) in [6.07, 6.45) is 3.81. The number of piperidine rings is 1. The summed E-state index contributed by atoms with van der Waals surface area (Å²) in [7, 11) is 0. The minimum absolute atomic E-state index is 0.0866. The number of para-hydroxylation sites is 1. The lowest BCUT2D eigenvalue weighted by Gasteiger charge is -2.28. The molecule has 1 aliphatic rings. The van der Waals surface area contributed by atoms with Crippen LogP contribution in [0.2, 0.25) is 0 Å². The summed E-state index contributed by atoms with van der Waals surface area (Å²) in [5, 5.41) is 2.79. The van der Waals surface area contributed by atoms with Gasteiger partial charge in [0.1, 0.15) is 0 Å². The first-order chi connectivity index (χ1) is 12.2. The van der Waals surface area contributed by atoms with Crippen molar-refractivity contribution in [1.82, 2.24) is 5.32 Å². The van der Waals surface area contributed by atoms with E-state index in [0.717, 1.165) is 18.7 Å². The fraction of sp³-hybridized carbons (Fsp3) is 0.350. The summed E-state index contributed by atoms with van der Waals surface area (Å²) < 4.78 is 18.6. The van der Waals surface area contributed by atoms with Crippen LogP contribution in [0, 0.1) is 5.82 Å². The lowest BCUT2D eigenvalue weighted by Crippen LogP contribution is -2.29. The van der Waals surface area contributed by atoms with Gasteiger partial charge in [0, 0.05) is 25.3 Å². The van der Waals surface area contributed by atoms with Gasteiger partial charge in [-0.15, -0.1) is 0 Å². The van der Waals surface area contributed by atoms with Gasteiger partial charge in [-0.25, -0.2) is 4.39 Å². The predicted molar refractivity (Wildman–Crippen MR) is 96.2 cm³/mol. The van der Waals surface area contributed by atoms with Crippen LogP contribution in [-0.4, -0.2) is 25.6 Å². The van der Waals surface area contributed by atoms with E-state index < -0.39 is 5.82 Å². The second-order valence-electron chi connectivity index (χ2n) is 6.21. The molecule has 25 heavy (non-hydrogen) atoms. The molecule has 0 aromatic heterocycles. The fourth-order valence-electron chi connectivity index (χ4n) is 2.93. The Morgan fingerprint density at radius 1 is 1.04 bits per heavy atom. The molecule has 132 valence electrons. The van der Waals surface area contributed by atoms with Gasteiger partial charge in [-0.1, -0.05) is 24.3 Å². The van der Waals surface area contributed by atoms with Gasteiger partial charge < -0.3 is 15.0 Å². The SMILES string of the molecule is O=C(COc1ccccc1F)NCc1ccc(N2CCCCC2)cc1. The van der Waals surface area contributed by atoms with E-state index in [1.54, 1.807) is 12.1 Å². The number of nitrogens with zero attached hydrogens (tertiary/aromatic N) is 1. The van der Waals surface area contributed by atoms with E-state index in [1.807, 2.05) is 12.1 Å². The molecule has 0 saturated carbocycles. The molecule has 5 heteroatoms. The van der Waals surface area contributed by atoms with Crippen molar-refractivity contribution in [3.05, 3.63) is 59.9 Å². The molecule has 1 fully saturated rings. The zero-order valence-corrected chi connectivity index (χ0v) is 14.2. The van der Waals surface area contributed by atoms with Crippen molar-refractivity contribution in [3.8, 4) is 5.75 Å². The van der Waals surface area contributed by atoms with Gasteiger partial charge in [0.05, 0.1) is 0 Å². The highest BCUT2D eigenvalue weighted by Gasteiger charge is 2.11. The van der Waals surface area contributed by atoms with Crippen LogP contribution in [0.4, 0.5) is 10.1 Å². The molecular formula is C20H23FN2O2. The number of rotatable bonds is 6. The lowest BCUT2D eigenvalue weighted by atomic mass is 10.1. The first-order valence-corrected chi connectivity index (χ1v) is 8.70. The van der Waals surface area contributed by atoms with Crippen LogP contribution in [0.5, 0.6) is 5.75 Å². The summed E-state index contributed by atoms with van der Waals surface area (Å²) in [6.45, 7) is 2.46. The van der Waals surface area contributed by atoms with Crippen LogP contribution < -0.4 is 15.0 Å². The number of nitrogens with one attached hydrogen (secondary N) is 1. The largest absolute Gasteiger partial charge is 0.481 e. The first-order valence-electron chi connectivity index (χ1n) is 8.70. The third-order valence-corrected chi connectivity index (χ3v) is 4.34. The van der Waals surface area contributed by atoms with Gasteiger partial charge in [0.2, 0.25) is 0 Å². The molecule has 1 amide bonds. The molecule has 1 saturated heterocycles. The Balaban J connectivity index is 1.44. The van der Waals surface area contributed by atoms with E-state index in [2.05, 4.69) is 22.3 Å². The number of anilines is 1. The van der Waals surface area contributed by atoms with Crippen molar-refractivity contribution >= 4 is 11.6 Å². The maximum Gasteiger partial charge on any atom is 0.258 e. The van der Waals surface area contributed by atoms with Gasteiger partial charge in [0.15, 0.2) is 18.2 Å². The Morgan fingerprint density at radius 3 is 2.48 bits per heavy atom. The molecule has 0 unspecified atom stereocenters. The van der Waals surface area contributed by atoms with E-state index in [1.165, 1.54) is 37.1 Å². The summed E-state index contributed by atoms with van der Waals surface area (Å²) in [6, 6.07) is 14.3. The quantitative estimate of drug-likeness (QED) is 0.873. The summed E-state index contributed by atoms with van der Waals surface area (Å²) in [5.41, 5.74) is 2.26. The minimum Gasteiger partial charge on any atom is -0.481 e. The Morgan fingerprint density at radius 2 is 1.76 bits per heavy atom. The number of hydrogen-bond acceptors (Lipinski definition) is 3. The highest BCUT2D eigenvalue weighted by molar-refractivity contribution is 5.77. The predicted octanol–water partition coefficient (Wildman–Crippen LogP) is 3.51. The molecule has 1 heterocycles. The van der Waals surface area contributed by atoms with Crippen molar-refractivity contribution in [2.75, 3.05) is 24.6 Å². The van der Waals surface area contributed by atoms with E-state index in [4.69, 9.17) is 4.74 Å². The van der Waals surface area contributed by atoms with E-state index >= 15 is 0 Å². The molecule has 0 atom stereocenters. The highest BCUT2D eigenvalue weighted by atomic mass is 19.1. The normalized spacial score (nSPS) is 14.2. The lowest BCUT2D eigenvalue weighted by molar-refractivity contribution is -0.123. The second-order valence-corrected chi connectivity index (χ2v) is 6.21. The van der Waals surface area contributed by atoms with Crippen molar-refractivity contribution in [3.63, 3.8) is 0 Å². The molecule has 0 spiro atoms. The van der Waals surface area contributed by atoms with Crippen molar-refractivity contribution < 1.29 is 13.9 Å². The van der Waals surface area contributed by atoms with Crippen LogP contribution >= 0.6 is 0 Å². The average Bonchev–Trinajstić information content (AvgIpc) is 2.67. The average molecular weight is 342 g/mol. The molecule has 1 aliphatic heterocycles. The van der Waals surface area contributed by atoms with Gasteiger partial charge >= 0.3 is 0 Å². The van der Waals surface area contributed by atoms with E-state index in [-0.39, 0.29) is 18.3 Å². The van der Waals surface area contributed by atoms with Crippen LogP contribution in [0.3, 0.4) is 0 Å². The van der Waals surface area contributed by atoms with Gasteiger partial charge in [-0.3, -0.25) is 4.79 Å². The first kappa shape index (κ1) is 17.3. The Kier molecular flexibility index (Phi) is 5.88. The second kappa shape index (κ2) is 8.51. The van der Waals surface area contributed by atoms with Gasteiger partial charge in [0.25, 0.3) is 5.91 Å². The Hall–Kier alpha value is -2.56. The van der Waals surface area contributed by atoms with Gasteiger partial charge in [-0.05, 0) is 49.1 Å². The van der Waals surface area contributed by atoms with Crippen LogP contribution in [0.15, 0.2) is 48.5 Å². The molecule has 1 N–H and O–H groups in total. The topological polar surface area (TPSA) is 41.6 Å². The fourth-order valence-corrected chi connectivity index (χ4v) is 2.93. The third kappa shape index (κ3) is 4.95. The zero-order valence-electron chi connectivity index (χ0n) is 14.2. The van der Waals surface area contributed by atoms with Gasteiger partial charge in [-0.2, -0.15) is 0 Å². The maximum absolute atomic E-state index is 13.4. The van der Waals surface area contributed by atoms with Crippen molar-refractivity contribution in [2.24, 2.45) is 0 Å². The smallest absolute Gasteiger partial charge is 0.258 e. The highest BCUT2D eigenvalue weighted by Crippen LogP contribution is 2.20. The van der Waals surface area contributed by atoms with Crippen LogP contribution in [-0.2, 0) is 11.3 Å². The summed E-state index contributed by atoms with van der Waals surface area (Å²) in [4.78, 5) is 14.2. The molecular weight excluding hydrogens is 319 g/mol. The summed E-state index contributed by atoms with van der Waals surface area (Å²) >= 11 is 0. The Bertz CT molecular complexity index is 697. The standard InChI is InChI=1S/C20H23FN2O2/c21-18-6-2-3-7-19(18)25-15-20(24)22-14-16-8-10-17(11-9-16)23-12-4-1-5-13-23/h2-3,6-11H,1,4-5,12-15H2,(H,22,24). The molecule has 0 aliphatic carbocycles. The number of amides is 1. The zero-order chi connectivity index (χ0) is 17.5. The van der Waals surface area contributed by atoms with Crippen molar-refractivity contribution in [1.29, 1.82) is 0 Å². The number of ether oxygens (including phenoxy) is 1. The number of carbonyl (C=O) groups is 1. The van der Waals surface area contributed by atoms with Crippen LogP contribution in [0.1, 0.15) is 24.8 Å². The number of benzene rings is 2.